The average molecular weight is 283 g/mol. The molecule has 0 fully saturated rings. The lowest BCUT2D eigenvalue weighted by Gasteiger charge is -2.26. The number of aromatic amines is 1. The topological polar surface area (TPSA) is 66.1 Å². The normalized spacial score (nSPS) is 14.4. The highest BCUT2D eigenvalue weighted by Gasteiger charge is 2.29. The SMILES string of the molecule is Cc1[nH]ncc1CCCN1C(=O)Cc2ccccc2C1=O. The fraction of sp³-hybridized carbons (Fsp3) is 0.312. The molecule has 5 heteroatoms. The van der Waals surface area contributed by atoms with Gasteiger partial charge in [0, 0.05) is 17.8 Å². The summed E-state index contributed by atoms with van der Waals surface area (Å²) in [5.74, 6) is -0.284. The molecule has 0 bridgehead atoms. The largest absolute Gasteiger partial charge is 0.283 e. The molecule has 108 valence electrons. The number of imide groups is 1. The Morgan fingerprint density at radius 1 is 1.29 bits per heavy atom. The Morgan fingerprint density at radius 2 is 2.10 bits per heavy atom. The Bertz CT molecular complexity index is 690. The van der Waals surface area contributed by atoms with Crippen molar-refractivity contribution in [3.63, 3.8) is 0 Å². The number of nitrogens with one attached hydrogen (secondary N) is 1. The maximum absolute atomic E-state index is 12.4. The number of benzene rings is 1. The maximum Gasteiger partial charge on any atom is 0.260 e. The van der Waals surface area contributed by atoms with Gasteiger partial charge in [-0.2, -0.15) is 5.10 Å². The third kappa shape index (κ3) is 2.59. The van der Waals surface area contributed by atoms with Crippen molar-refractivity contribution in [2.75, 3.05) is 6.54 Å². The fourth-order valence-corrected chi connectivity index (χ4v) is 2.68. The van der Waals surface area contributed by atoms with E-state index in [2.05, 4.69) is 10.2 Å². The lowest BCUT2D eigenvalue weighted by molar-refractivity contribution is -0.128. The van der Waals surface area contributed by atoms with Crippen LogP contribution in [-0.4, -0.2) is 33.5 Å². The molecular formula is C16H17N3O2. The lowest BCUT2D eigenvalue weighted by Crippen LogP contribution is -2.42. The van der Waals surface area contributed by atoms with Crippen LogP contribution in [0.25, 0.3) is 0 Å². The van der Waals surface area contributed by atoms with Crippen LogP contribution >= 0.6 is 0 Å². The third-order valence-electron chi connectivity index (χ3n) is 3.90. The van der Waals surface area contributed by atoms with Crippen LogP contribution in [0.4, 0.5) is 0 Å². The molecule has 5 nitrogen and oxygen atoms in total. The maximum atomic E-state index is 12.4. The van der Waals surface area contributed by atoms with Crippen molar-refractivity contribution >= 4 is 11.8 Å². The standard InChI is InChI=1S/C16H17N3O2/c1-11-13(10-17-18-11)6-4-8-19-15(20)9-12-5-2-3-7-14(12)16(19)21/h2-3,5,7,10H,4,6,8-9H2,1H3,(H,17,18). The van der Waals surface area contributed by atoms with Crippen molar-refractivity contribution in [3.05, 3.63) is 52.8 Å². The lowest BCUT2D eigenvalue weighted by atomic mass is 9.98. The minimum Gasteiger partial charge on any atom is -0.283 e. The first-order valence-corrected chi connectivity index (χ1v) is 7.08. The number of hydrogen-bond acceptors (Lipinski definition) is 3. The van der Waals surface area contributed by atoms with Crippen LogP contribution in [-0.2, 0) is 17.6 Å². The number of fused-ring (bicyclic) bond motifs is 1. The summed E-state index contributed by atoms with van der Waals surface area (Å²) in [5.41, 5.74) is 3.65. The molecule has 1 N–H and O–H groups in total. The van der Waals surface area contributed by atoms with Gasteiger partial charge in [0.2, 0.25) is 5.91 Å². The van der Waals surface area contributed by atoms with Crippen LogP contribution in [0, 0.1) is 6.92 Å². The van der Waals surface area contributed by atoms with E-state index in [0.717, 1.165) is 29.7 Å². The number of carbonyl (C=O) groups is 2. The van der Waals surface area contributed by atoms with Crippen LogP contribution in [0.2, 0.25) is 0 Å². The van der Waals surface area contributed by atoms with E-state index in [4.69, 9.17) is 0 Å². The molecule has 0 saturated carbocycles. The van der Waals surface area contributed by atoms with Crippen molar-refractivity contribution in [1.29, 1.82) is 0 Å². The van der Waals surface area contributed by atoms with Gasteiger partial charge in [0.15, 0.2) is 0 Å². The second-order valence-electron chi connectivity index (χ2n) is 5.31. The van der Waals surface area contributed by atoms with E-state index in [9.17, 15) is 9.59 Å². The highest BCUT2D eigenvalue weighted by atomic mass is 16.2. The summed E-state index contributed by atoms with van der Waals surface area (Å²) in [6.07, 6.45) is 3.66. The van der Waals surface area contributed by atoms with Gasteiger partial charge in [0.05, 0.1) is 12.6 Å². The molecule has 0 saturated heterocycles. The Hall–Kier alpha value is -2.43. The van der Waals surface area contributed by atoms with E-state index in [1.807, 2.05) is 25.1 Å². The second-order valence-corrected chi connectivity index (χ2v) is 5.31. The number of H-pyrrole nitrogens is 1. The van der Waals surface area contributed by atoms with Crippen LogP contribution in [0.5, 0.6) is 0 Å². The van der Waals surface area contributed by atoms with Gasteiger partial charge < -0.3 is 0 Å². The quantitative estimate of drug-likeness (QED) is 0.871. The molecule has 0 aliphatic carbocycles. The van der Waals surface area contributed by atoms with E-state index in [1.54, 1.807) is 12.3 Å². The molecular weight excluding hydrogens is 266 g/mol. The van der Waals surface area contributed by atoms with Gasteiger partial charge in [-0.25, -0.2) is 0 Å². The van der Waals surface area contributed by atoms with Crippen molar-refractivity contribution in [2.24, 2.45) is 0 Å². The number of rotatable bonds is 4. The summed E-state index contributed by atoms with van der Waals surface area (Å²) >= 11 is 0. The third-order valence-corrected chi connectivity index (χ3v) is 3.90. The monoisotopic (exact) mass is 283 g/mol. The number of aryl methyl sites for hydroxylation is 2. The van der Waals surface area contributed by atoms with Gasteiger partial charge in [-0.05, 0) is 37.0 Å². The minimum absolute atomic E-state index is 0.109. The summed E-state index contributed by atoms with van der Waals surface area (Å²) in [7, 11) is 0. The molecule has 3 rings (SSSR count). The van der Waals surface area contributed by atoms with Gasteiger partial charge in [0.1, 0.15) is 0 Å². The van der Waals surface area contributed by atoms with Crippen molar-refractivity contribution < 1.29 is 9.59 Å². The first kappa shape index (κ1) is 13.5. The van der Waals surface area contributed by atoms with Gasteiger partial charge in [-0.15, -0.1) is 0 Å². The highest BCUT2D eigenvalue weighted by molar-refractivity contribution is 6.09. The summed E-state index contributed by atoms with van der Waals surface area (Å²) in [6, 6.07) is 7.32. The number of aromatic nitrogens is 2. The van der Waals surface area contributed by atoms with Gasteiger partial charge in [0.25, 0.3) is 5.91 Å². The van der Waals surface area contributed by atoms with Gasteiger partial charge in [-0.1, -0.05) is 18.2 Å². The smallest absolute Gasteiger partial charge is 0.260 e. The number of carbonyl (C=O) groups excluding carboxylic acids is 2. The van der Waals surface area contributed by atoms with E-state index >= 15 is 0 Å². The van der Waals surface area contributed by atoms with Gasteiger partial charge in [-0.3, -0.25) is 19.6 Å². The molecule has 0 unspecified atom stereocenters. The second kappa shape index (κ2) is 5.52. The minimum atomic E-state index is -0.175. The zero-order valence-electron chi connectivity index (χ0n) is 11.9. The fourth-order valence-electron chi connectivity index (χ4n) is 2.68. The molecule has 1 aromatic carbocycles. The highest BCUT2D eigenvalue weighted by Crippen LogP contribution is 2.20. The zero-order chi connectivity index (χ0) is 14.8. The van der Waals surface area contributed by atoms with Crippen molar-refractivity contribution in [2.45, 2.75) is 26.2 Å². The van der Waals surface area contributed by atoms with E-state index in [1.165, 1.54) is 4.90 Å². The Labute approximate surface area is 123 Å². The van der Waals surface area contributed by atoms with Crippen LogP contribution < -0.4 is 0 Å². The zero-order valence-corrected chi connectivity index (χ0v) is 11.9. The Kier molecular flexibility index (Phi) is 3.56. The molecule has 0 atom stereocenters. The van der Waals surface area contributed by atoms with Crippen LogP contribution in [0.1, 0.15) is 33.6 Å². The van der Waals surface area contributed by atoms with Crippen LogP contribution in [0.15, 0.2) is 30.5 Å². The molecule has 2 amide bonds. The van der Waals surface area contributed by atoms with Crippen LogP contribution in [0.3, 0.4) is 0 Å². The first-order chi connectivity index (χ1) is 10.2. The Balaban J connectivity index is 1.67. The molecule has 1 aliphatic rings. The van der Waals surface area contributed by atoms with Gasteiger partial charge >= 0.3 is 0 Å². The average Bonchev–Trinajstić information content (AvgIpc) is 2.88. The molecule has 0 radical (unpaired) electrons. The van der Waals surface area contributed by atoms with Crippen molar-refractivity contribution in [1.82, 2.24) is 15.1 Å². The number of hydrogen-bond donors (Lipinski definition) is 1. The molecule has 1 aromatic heterocycles. The van der Waals surface area contributed by atoms with E-state index in [0.29, 0.717) is 18.5 Å². The molecule has 1 aliphatic heterocycles. The molecule has 21 heavy (non-hydrogen) atoms. The molecule has 0 spiro atoms. The Morgan fingerprint density at radius 3 is 2.86 bits per heavy atom. The number of nitrogens with zero attached hydrogens (tertiary/aromatic N) is 2. The van der Waals surface area contributed by atoms with E-state index < -0.39 is 0 Å². The predicted molar refractivity (Wildman–Crippen MR) is 77.8 cm³/mol. The summed E-state index contributed by atoms with van der Waals surface area (Å²) < 4.78 is 0. The summed E-state index contributed by atoms with van der Waals surface area (Å²) in [5, 5.41) is 6.86. The number of amides is 2. The van der Waals surface area contributed by atoms with E-state index in [-0.39, 0.29) is 11.8 Å². The molecule has 2 heterocycles. The van der Waals surface area contributed by atoms with Crippen molar-refractivity contribution in [3.8, 4) is 0 Å². The first-order valence-electron chi connectivity index (χ1n) is 7.08. The summed E-state index contributed by atoms with van der Waals surface area (Å²) in [4.78, 5) is 25.9. The predicted octanol–water partition coefficient (Wildman–Crippen LogP) is 1.88. The molecule has 2 aromatic rings. The summed E-state index contributed by atoms with van der Waals surface area (Å²) in [6.45, 7) is 2.42.